The Kier molecular flexibility index (Phi) is 3.55. The van der Waals surface area contributed by atoms with Crippen LogP contribution in [0.5, 0.6) is 5.75 Å². The van der Waals surface area contributed by atoms with Crippen molar-refractivity contribution in [2.45, 2.75) is 25.9 Å². The number of fused-ring (bicyclic) bond motifs is 1. The Bertz CT molecular complexity index is 672. The first-order chi connectivity index (χ1) is 10.1. The monoisotopic (exact) mass is 286 g/mol. The highest BCUT2D eigenvalue weighted by Crippen LogP contribution is 2.33. The molecule has 0 radical (unpaired) electrons. The third-order valence-corrected chi connectivity index (χ3v) is 4.32. The second-order valence-electron chi connectivity index (χ2n) is 5.58. The first-order valence-electron chi connectivity index (χ1n) is 7.15. The van der Waals surface area contributed by atoms with Gasteiger partial charge in [-0.2, -0.15) is 0 Å². The second kappa shape index (κ2) is 5.37. The molecule has 3 nitrogen and oxygen atoms in total. The molecule has 3 N–H and O–H groups in total. The topological polar surface area (TPSA) is 49.5 Å². The van der Waals surface area contributed by atoms with E-state index in [0.29, 0.717) is 5.56 Å². The van der Waals surface area contributed by atoms with Gasteiger partial charge in [0.1, 0.15) is 11.6 Å². The van der Waals surface area contributed by atoms with Crippen molar-refractivity contribution < 1.29 is 9.50 Å². The average molecular weight is 286 g/mol. The number of nitrogens with two attached hydrogens (primary N) is 1. The van der Waals surface area contributed by atoms with Crippen LogP contribution in [0.3, 0.4) is 0 Å². The number of phenolic OH excluding ortho intramolecular Hbond substituents is 1. The molecule has 1 unspecified atom stereocenters. The van der Waals surface area contributed by atoms with E-state index in [-0.39, 0.29) is 17.6 Å². The van der Waals surface area contributed by atoms with Crippen molar-refractivity contribution in [2.75, 3.05) is 12.3 Å². The lowest BCUT2D eigenvalue weighted by Crippen LogP contribution is -2.33. The molecule has 4 heteroatoms. The van der Waals surface area contributed by atoms with Crippen LogP contribution >= 0.6 is 0 Å². The summed E-state index contributed by atoms with van der Waals surface area (Å²) in [5.41, 5.74) is 9.90. The van der Waals surface area contributed by atoms with E-state index in [9.17, 15) is 9.50 Å². The molecule has 0 spiro atoms. The molecular weight excluding hydrogens is 267 g/mol. The van der Waals surface area contributed by atoms with E-state index in [1.807, 2.05) is 19.1 Å². The minimum absolute atomic E-state index is 0.0460. The number of benzene rings is 2. The molecular formula is C17H19FN2O. The van der Waals surface area contributed by atoms with Crippen LogP contribution in [0.2, 0.25) is 0 Å². The molecule has 3 rings (SSSR count). The molecule has 1 heterocycles. The van der Waals surface area contributed by atoms with Gasteiger partial charge in [-0.1, -0.05) is 12.1 Å². The first-order valence-corrected chi connectivity index (χ1v) is 7.15. The zero-order valence-electron chi connectivity index (χ0n) is 12.0. The maximum Gasteiger partial charge on any atom is 0.123 e. The smallest absolute Gasteiger partial charge is 0.123 e. The molecule has 0 aliphatic carbocycles. The minimum atomic E-state index is -0.323. The third kappa shape index (κ3) is 2.59. The Morgan fingerprint density at radius 2 is 2.10 bits per heavy atom. The highest BCUT2D eigenvalue weighted by atomic mass is 19.1. The molecule has 0 fully saturated rings. The highest BCUT2D eigenvalue weighted by Gasteiger charge is 2.24. The molecule has 1 aliphatic heterocycles. The molecule has 0 saturated carbocycles. The predicted octanol–water partition coefficient (Wildman–Crippen LogP) is 3.23. The molecule has 0 saturated heterocycles. The number of aromatic hydroxyl groups is 1. The maximum atomic E-state index is 13.4. The fourth-order valence-electron chi connectivity index (χ4n) is 3.05. The largest absolute Gasteiger partial charge is 0.508 e. The van der Waals surface area contributed by atoms with Crippen LogP contribution < -0.4 is 5.73 Å². The summed E-state index contributed by atoms with van der Waals surface area (Å²) in [6, 6.07) is 10.0. The summed E-state index contributed by atoms with van der Waals surface area (Å²) in [5, 5.41) is 9.96. The quantitative estimate of drug-likeness (QED) is 0.833. The molecule has 1 atom stereocenters. The van der Waals surface area contributed by atoms with Crippen molar-refractivity contribution >= 4 is 5.69 Å². The number of nitrogen functional groups attached to an aromatic ring is 1. The van der Waals surface area contributed by atoms with Crippen molar-refractivity contribution in [2.24, 2.45) is 0 Å². The summed E-state index contributed by atoms with van der Waals surface area (Å²) in [6.07, 6.45) is 0.877. The van der Waals surface area contributed by atoms with Crippen LogP contribution in [0, 0.1) is 5.82 Å². The van der Waals surface area contributed by atoms with Gasteiger partial charge in [-0.05, 0) is 48.7 Å². The van der Waals surface area contributed by atoms with Gasteiger partial charge in [0, 0.05) is 30.4 Å². The third-order valence-electron chi connectivity index (χ3n) is 4.32. The van der Waals surface area contributed by atoms with Gasteiger partial charge >= 0.3 is 0 Å². The van der Waals surface area contributed by atoms with Crippen LogP contribution in [0.4, 0.5) is 10.1 Å². The van der Waals surface area contributed by atoms with Gasteiger partial charge in [0.15, 0.2) is 0 Å². The van der Waals surface area contributed by atoms with E-state index < -0.39 is 0 Å². The van der Waals surface area contributed by atoms with Crippen molar-refractivity contribution in [3.8, 4) is 5.75 Å². The van der Waals surface area contributed by atoms with Gasteiger partial charge in [0.25, 0.3) is 0 Å². The van der Waals surface area contributed by atoms with Gasteiger partial charge in [-0.3, -0.25) is 4.90 Å². The van der Waals surface area contributed by atoms with E-state index in [1.165, 1.54) is 29.3 Å². The zero-order chi connectivity index (χ0) is 15.0. The van der Waals surface area contributed by atoms with Crippen LogP contribution in [-0.4, -0.2) is 16.6 Å². The SMILES string of the molecule is CC(c1cc(F)ccc1O)N1CCc2c(N)cccc2C1. The lowest BCUT2D eigenvalue weighted by atomic mass is 9.95. The minimum Gasteiger partial charge on any atom is -0.508 e. The lowest BCUT2D eigenvalue weighted by Gasteiger charge is -2.34. The Morgan fingerprint density at radius 1 is 1.29 bits per heavy atom. The molecule has 0 aromatic heterocycles. The number of anilines is 1. The summed E-state index contributed by atoms with van der Waals surface area (Å²) in [4.78, 5) is 2.23. The summed E-state index contributed by atoms with van der Waals surface area (Å²) in [7, 11) is 0. The number of hydrogen-bond donors (Lipinski definition) is 2. The van der Waals surface area contributed by atoms with Crippen molar-refractivity contribution in [1.82, 2.24) is 4.90 Å². The van der Waals surface area contributed by atoms with Gasteiger partial charge in [0.2, 0.25) is 0 Å². The normalized spacial score (nSPS) is 16.5. The molecule has 0 amide bonds. The summed E-state index contributed by atoms with van der Waals surface area (Å²) in [6.45, 7) is 3.60. The van der Waals surface area contributed by atoms with E-state index >= 15 is 0 Å². The van der Waals surface area contributed by atoms with Crippen LogP contribution in [0.1, 0.15) is 29.7 Å². The van der Waals surface area contributed by atoms with Crippen molar-refractivity contribution in [3.05, 3.63) is 58.9 Å². The van der Waals surface area contributed by atoms with Crippen LogP contribution in [0.25, 0.3) is 0 Å². The second-order valence-corrected chi connectivity index (χ2v) is 5.58. The Balaban J connectivity index is 1.87. The predicted molar refractivity (Wildman–Crippen MR) is 81.4 cm³/mol. The van der Waals surface area contributed by atoms with Crippen LogP contribution in [-0.2, 0) is 13.0 Å². The fourth-order valence-corrected chi connectivity index (χ4v) is 3.05. The van der Waals surface area contributed by atoms with Gasteiger partial charge in [-0.25, -0.2) is 4.39 Å². The molecule has 2 aromatic rings. The van der Waals surface area contributed by atoms with Crippen LogP contribution in [0.15, 0.2) is 36.4 Å². The summed E-state index contributed by atoms with van der Waals surface area (Å²) < 4.78 is 13.4. The first kappa shape index (κ1) is 13.9. The Labute approximate surface area is 123 Å². The number of hydrogen-bond acceptors (Lipinski definition) is 3. The van der Waals surface area contributed by atoms with E-state index in [1.54, 1.807) is 0 Å². The molecule has 1 aliphatic rings. The van der Waals surface area contributed by atoms with Gasteiger partial charge in [0.05, 0.1) is 0 Å². The Hall–Kier alpha value is -2.07. The highest BCUT2D eigenvalue weighted by molar-refractivity contribution is 5.52. The lowest BCUT2D eigenvalue weighted by molar-refractivity contribution is 0.189. The van der Waals surface area contributed by atoms with Crippen molar-refractivity contribution in [1.29, 1.82) is 0 Å². The van der Waals surface area contributed by atoms with Gasteiger partial charge in [-0.15, -0.1) is 0 Å². The molecule has 21 heavy (non-hydrogen) atoms. The summed E-state index contributed by atoms with van der Waals surface area (Å²) in [5.74, 6) is -0.182. The van der Waals surface area contributed by atoms with Crippen molar-refractivity contribution in [3.63, 3.8) is 0 Å². The maximum absolute atomic E-state index is 13.4. The van der Waals surface area contributed by atoms with E-state index in [2.05, 4.69) is 11.0 Å². The van der Waals surface area contributed by atoms with Gasteiger partial charge < -0.3 is 10.8 Å². The standard InChI is InChI=1S/C17H19FN2O/c1-11(15-9-13(18)5-6-17(15)21)20-8-7-14-12(10-20)3-2-4-16(14)19/h2-6,9,11,21H,7-8,10,19H2,1H3. The number of nitrogens with zero attached hydrogens (tertiary/aromatic N) is 1. The average Bonchev–Trinajstić information content (AvgIpc) is 2.49. The molecule has 2 aromatic carbocycles. The van der Waals surface area contributed by atoms with E-state index in [4.69, 9.17) is 5.73 Å². The number of rotatable bonds is 2. The molecule has 0 bridgehead atoms. The van der Waals surface area contributed by atoms with E-state index in [0.717, 1.165) is 25.2 Å². The number of phenols is 1. The fraction of sp³-hybridized carbons (Fsp3) is 0.294. The number of halogens is 1. The molecule has 110 valence electrons. The Morgan fingerprint density at radius 3 is 2.90 bits per heavy atom. The summed E-state index contributed by atoms with van der Waals surface area (Å²) >= 11 is 0. The zero-order valence-corrected chi connectivity index (χ0v) is 12.0.